The Morgan fingerprint density at radius 2 is 1.90 bits per heavy atom. The Kier molecular flexibility index (Phi) is 6.62. The van der Waals surface area contributed by atoms with Gasteiger partial charge in [-0.2, -0.15) is 0 Å². The third-order valence-corrected chi connectivity index (χ3v) is 3.20. The Labute approximate surface area is 125 Å². The first-order valence-corrected chi connectivity index (χ1v) is 6.90. The van der Waals surface area contributed by atoms with Crippen LogP contribution in [0.2, 0.25) is 0 Å². The predicted molar refractivity (Wildman–Crippen MR) is 81.4 cm³/mol. The van der Waals surface area contributed by atoms with E-state index in [0.29, 0.717) is 5.56 Å². The van der Waals surface area contributed by atoms with Gasteiger partial charge in [-0.25, -0.2) is 5.43 Å². The molecule has 0 aliphatic carbocycles. The third-order valence-electron chi connectivity index (χ3n) is 3.20. The summed E-state index contributed by atoms with van der Waals surface area (Å²) in [6.07, 6.45) is 0. The van der Waals surface area contributed by atoms with Gasteiger partial charge >= 0.3 is 5.97 Å². The summed E-state index contributed by atoms with van der Waals surface area (Å²) in [5.41, 5.74) is 6.63. The summed E-state index contributed by atoms with van der Waals surface area (Å²) in [4.78, 5) is 23.9. The lowest BCUT2D eigenvalue weighted by molar-refractivity contribution is -0.146. The molecule has 114 valence electrons. The Morgan fingerprint density at radius 1 is 1.29 bits per heavy atom. The van der Waals surface area contributed by atoms with Crippen molar-refractivity contribution in [2.45, 2.75) is 26.8 Å². The monoisotopic (exact) mass is 290 g/mol. The van der Waals surface area contributed by atoms with Gasteiger partial charge in [-0.05, 0) is 26.0 Å². The van der Waals surface area contributed by atoms with Crippen molar-refractivity contribution in [1.29, 1.82) is 0 Å². The number of amides is 1. The first kappa shape index (κ1) is 16.9. The molecule has 1 amide bonds. The van der Waals surface area contributed by atoms with Crippen molar-refractivity contribution in [2.24, 2.45) is 5.92 Å². The highest BCUT2D eigenvalue weighted by Crippen LogP contribution is 2.13. The number of carbonyl (C=O) groups excluding carboxylic acids is 2. The number of hydrazine groups is 1. The minimum absolute atomic E-state index is 0.167. The summed E-state index contributed by atoms with van der Waals surface area (Å²) in [5, 5.41) is 0. The van der Waals surface area contributed by atoms with Gasteiger partial charge in [-0.3, -0.25) is 15.0 Å². The fourth-order valence-corrected chi connectivity index (χ4v) is 1.71. The minimum Gasteiger partial charge on any atom is -0.465 e. The van der Waals surface area contributed by atoms with E-state index in [2.05, 4.69) is 17.4 Å². The standard InChI is InChI=1S/C16H22N2O3/c1-5-21-16(20)14(12(4)11(2)3)17-18-15(19)13-9-7-6-8-10-13/h6-10,12,14,17H,2,5H2,1,3-4H3,(H,18,19)/t12-,14-/m0/s1. The number of rotatable bonds is 7. The average Bonchev–Trinajstić information content (AvgIpc) is 2.48. The SMILES string of the molecule is C=C(C)[C@H](C)[C@H](NNC(=O)c1ccccc1)C(=O)OCC. The zero-order valence-corrected chi connectivity index (χ0v) is 12.7. The quantitative estimate of drug-likeness (QED) is 0.458. The molecule has 0 aliphatic rings. The molecule has 1 aromatic carbocycles. The highest BCUT2D eigenvalue weighted by atomic mass is 16.5. The molecule has 0 aromatic heterocycles. The van der Waals surface area contributed by atoms with Crippen LogP contribution in [-0.4, -0.2) is 24.5 Å². The van der Waals surface area contributed by atoms with Crippen LogP contribution in [0.3, 0.4) is 0 Å². The zero-order valence-electron chi connectivity index (χ0n) is 12.7. The van der Waals surface area contributed by atoms with Crippen LogP contribution in [0.15, 0.2) is 42.5 Å². The van der Waals surface area contributed by atoms with Crippen molar-refractivity contribution in [1.82, 2.24) is 10.9 Å². The molecule has 0 aliphatic heterocycles. The number of benzene rings is 1. The van der Waals surface area contributed by atoms with Crippen molar-refractivity contribution in [3.8, 4) is 0 Å². The number of esters is 1. The first-order valence-electron chi connectivity index (χ1n) is 6.90. The molecule has 0 saturated carbocycles. The lowest BCUT2D eigenvalue weighted by atomic mass is 9.96. The molecule has 0 heterocycles. The summed E-state index contributed by atoms with van der Waals surface area (Å²) >= 11 is 0. The second-order valence-electron chi connectivity index (χ2n) is 4.83. The van der Waals surface area contributed by atoms with E-state index in [1.165, 1.54) is 0 Å². The van der Waals surface area contributed by atoms with E-state index < -0.39 is 12.0 Å². The van der Waals surface area contributed by atoms with E-state index in [1.807, 2.05) is 19.9 Å². The fraction of sp³-hybridized carbons (Fsp3) is 0.375. The van der Waals surface area contributed by atoms with Crippen molar-refractivity contribution >= 4 is 11.9 Å². The van der Waals surface area contributed by atoms with E-state index in [1.54, 1.807) is 31.2 Å². The second-order valence-corrected chi connectivity index (χ2v) is 4.83. The molecule has 5 heteroatoms. The summed E-state index contributed by atoms with van der Waals surface area (Å²) in [6.45, 7) is 9.55. The van der Waals surface area contributed by atoms with Crippen LogP contribution in [0.4, 0.5) is 0 Å². The van der Waals surface area contributed by atoms with Crippen molar-refractivity contribution in [3.05, 3.63) is 48.0 Å². The molecule has 0 bridgehead atoms. The molecule has 0 fully saturated rings. The molecule has 21 heavy (non-hydrogen) atoms. The van der Waals surface area contributed by atoms with Gasteiger partial charge in [0, 0.05) is 11.5 Å². The number of nitrogens with one attached hydrogen (secondary N) is 2. The van der Waals surface area contributed by atoms with Crippen LogP contribution in [0.5, 0.6) is 0 Å². The maximum absolute atomic E-state index is 12.0. The molecule has 2 N–H and O–H groups in total. The lowest BCUT2D eigenvalue weighted by Crippen LogP contribution is -2.52. The Balaban J connectivity index is 2.71. The van der Waals surface area contributed by atoms with Gasteiger partial charge in [0.05, 0.1) is 6.61 Å². The molecule has 1 aromatic rings. The maximum atomic E-state index is 12.0. The normalized spacial score (nSPS) is 13.1. The molecule has 5 nitrogen and oxygen atoms in total. The van der Waals surface area contributed by atoms with Gasteiger partial charge in [-0.1, -0.05) is 37.3 Å². The number of ether oxygens (including phenoxy) is 1. The van der Waals surface area contributed by atoms with E-state index in [-0.39, 0.29) is 18.4 Å². The highest BCUT2D eigenvalue weighted by molar-refractivity contribution is 5.94. The third kappa shape index (κ3) is 5.04. The Morgan fingerprint density at radius 3 is 2.43 bits per heavy atom. The summed E-state index contributed by atoms with van der Waals surface area (Å²) in [6, 6.07) is 8.09. The second kappa shape index (κ2) is 8.21. The number of hydrogen-bond acceptors (Lipinski definition) is 4. The predicted octanol–water partition coefficient (Wildman–Crippen LogP) is 2.06. The van der Waals surface area contributed by atoms with Crippen molar-refractivity contribution < 1.29 is 14.3 Å². The molecule has 1 rings (SSSR count). The molecule has 0 unspecified atom stereocenters. The van der Waals surface area contributed by atoms with Crippen LogP contribution in [0.25, 0.3) is 0 Å². The molecule has 0 saturated heterocycles. The van der Waals surface area contributed by atoms with E-state index in [0.717, 1.165) is 5.57 Å². The molecule has 0 radical (unpaired) electrons. The van der Waals surface area contributed by atoms with Crippen LogP contribution >= 0.6 is 0 Å². The largest absolute Gasteiger partial charge is 0.465 e. The Hall–Kier alpha value is -2.14. The average molecular weight is 290 g/mol. The van der Waals surface area contributed by atoms with Gasteiger partial charge in [0.15, 0.2) is 0 Å². The van der Waals surface area contributed by atoms with E-state index in [4.69, 9.17) is 4.74 Å². The molecular formula is C16H22N2O3. The van der Waals surface area contributed by atoms with Crippen LogP contribution < -0.4 is 10.9 Å². The highest BCUT2D eigenvalue weighted by Gasteiger charge is 2.27. The van der Waals surface area contributed by atoms with E-state index in [9.17, 15) is 9.59 Å². The minimum atomic E-state index is -0.671. The number of hydrogen-bond donors (Lipinski definition) is 2. The van der Waals surface area contributed by atoms with Crippen LogP contribution in [-0.2, 0) is 9.53 Å². The van der Waals surface area contributed by atoms with E-state index >= 15 is 0 Å². The zero-order chi connectivity index (χ0) is 15.8. The molecular weight excluding hydrogens is 268 g/mol. The smallest absolute Gasteiger partial charge is 0.325 e. The topological polar surface area (TPSA) is 67.4 Å². The van der Waals surface area contributed by atoms with Gasteiger partial charge in [0.25, 0.3) is 5.91 Å². The maximum Gasteiger partial charge on any atom is 0.325 e. The van der Waals surface area contributed by atoms with Gasteiger partial charge in [-0.15, -0.1) is 0 Å². The Bertz CT molecular complexity index is 500. The number of carbonyl (C=O) groups is 2. The van der Waals surface area contributed by atoms with Gasteiger partial charge in [0.1, 0.15) is 6.04 Å². The summed E-state index contributed by atoms with van der Waals surface area (Å²) in [5.74, 6) is -0.889. The first-order chi connectivity index (χ1) is 9.97. The van der Waals surface area contributed by atoms with Gasteiger partial charge < -0.3 is 4.74 Å². The van der Waals surface area contributed by atoms with Crippen molar-refractivity contribution in [2.75, 3.05) is 6.61 Å². The summed E-state index contributed by atoms with van der Waals surface area (Å²) < 4.78 is 5.02. The van der Waals surface area contributed by atoms with Gasteiger partial charge in [0.2, 0.25) is 0 Å². The molecule has 2 atom stereocenters. The lowest BCUT2D eigenvalue weighted by Gasteiger charge is -2.24. The summed E-state index contributed by atoms with van der Waals surface area (Å²) in [7, 11) is 0. The molecule has 0 spiro atoms. The van der Waals surface area contributed by atoms with Crippen LogP contribution in [0.1, 0.15) is 31.1 Å². The van der Waals surface area contributed by atoms with Crippen molar-refractivity contribution in [3.63, 3.8) is 0 Å². The van der Waals surface area contributed by atoms with Crippen LogP contribution in [0, 0.1) is 5.92 Å². The fourth-order valence-electron chi connectivity index (χ4n) is 1.71.